The smallest absolute Gasteiger partial charge is 0.133 e. The van der Waals surface area contributed by atoms with Crippen LogP contribution in [0, 0.1) is 19.9 Å². The van der Waals surface area contributed by atoms with E-state index < -0.39 is 0 Å². The van der Waals surface area contributed by atoms with Crippen molar-refractivity contribution >= 4 is 21.7 Å². The molecule has 0 atom stereocenters. The Hall–Kier alpha value is -1.42. The molecule has 0 aliphatic rings. The molecule has 20 heavy (non-hydrogen) atoms. The Labute approximate surface area is 129 Å². The predicted molar refractivity (Wildman–Crippen MR) is 85.9 cm³/mol. The minimum absolute atomic E-state index is 0.827. The lowest BCUT2D eigenvalue weighted by Gasteiger charge is -2.07. The van der Waals surface area contributed by atoms with Gasteiger partial charge in [0, 0.05) is 35.2 Å². The van der Waals surface area contributed by atoms with Crippen molar-refractivity contribution in [3.05, 3.63) is 51.9 Å². The molecule has 0 fully saturated rings. The zero-order valence-corrected chi connectivity index (χ0v) is 13.5. The first-order chi connectivity index (χ1) is 9.65. The number of halogens is 1. The number of hydrogen-bond acceptors (Lipinski definition) is 3. The number of nitrogens with one attached hydrogen (secondary N) is 1. The van der Waals surface area contributed by atoms with E-state index in [1.54, 1.807) is 0 Å². The molecule has 2 heterocycles. The maximum atomic E-state index is 4.46. The number of pyridine rings is 2. The van der Waals surface area contributed by atoms with Gasteiger partial charge in [-0.2, -0.15) is 0 Å². The highest BCUT2D eigenvalue weighted by atomic mass is 79.9. The van der Waals surface area contributed by atoms with Gasteiger partial charge in [0.15, 0.2) is 0 Å². The molecule has 105 valence electrons. The number of nitrogens with zero attached hydrogens (tertiary/aromatic N) is 2. The van der Waals surface area contributed by atoms with Gasteiger partial charge in [0.1, 0.15) is 5.82 Å². The second kappa shape index (κ2) is 7.39. The average Bonchev–Trinajstić information content (AvgIpc) is 2.42. The highest BCUT2D eigenvalue weighted by molar-refractivity contribution is 9.10. The monoisotopic (exact) mass is 332 g/mol. The minimum atomic E-state index is 0.827. The van der Waals surface area contributed by atoms with Gasteiger partial charge >= 0.3 is 0 Å². The number of unbranched alkanes of at least 4 members (excludes halogenated alkanes) is 1. The van der Waals surface area contributed by atoms with Crippen LogP contribution in [0.1, 0.15) is 29.7 Å². The lowest BCUT2D eigenvalue weighted by atomic mass is 10.1. The second-order valence-corrected chi connectivity index (χ2v) is 5.86. The molecule has 1 radical (unpaired) electrons. The Morgan fingerprint density at radius 3 is 2.75 bits per heavy atom. The summed E-state index contributed by atoms with van der Waals surface area (Å²) >= 11 is 3.44. The van der Waals surface area contributed by atoms with E-state index in [1.165, 1.54) is 11.3 Å². The van der Waals surface area contributed by atoms with Crippen molar-refractivity contribution < 1.29 is 0 Å². The molecule has 0 spiro atoms. The summed E-state index contributed by atoms with van der Waals surface area (Å²) in [6.45, 7) is 5.04. The fourth-order valence-corrected chi connectivity index (χ4v) is 2.42. The Balaban J connectivity index is 1.70. The number of rotatable bonds is 6. The standard InChI is InChI=1S/C16H19BrN3/c1-12-6-7-16(20-10-12)18-8-4-3-5-15-13(2)9-14(17)11-19-15/h6,9-11H,3-5,8H2,1-2H3,(H,18,20). The highest BCUT2D eigenvalue weighted by Gasteiger charge is 2.01. The molecule has 0 amide bonds. The molecule has 2 rings (SSSR count). The SMILES string of the molecule is Cc1c[c]c(NCCCCc2ncc(Br)cc2C)nc1. The van der Waals surface area contributed by atoms with Crippen LogP contribution < -0.4 is 5.32 Å². The van der Waals surface area contributed by atoms with E-state index in [-0.39, 0.29) is 0 Å². The maximum absolute atomic E-state index is 4.46. The van der Waals surface area contributed by atoms with Crippen molar-refractivity contribution in [2.45, 2.75) is 33.1 Å². The largest absolute Gasteiger partial charge is 0.370 e. The van der Waals surface area contributed by atoms with Crippen molar-refractivity contribution in [1.82, 2.24) is 9.97 Å². The predicted octanol–water partition coefficient (Wildman–Crippen LogP) is 4.09. The zero-order chi connectivity index (χ0) is 14.4. The van der Waals surface area contributed by atoms with Crippen molar-refractivity contribution in [2.75, 3.05) is 11.9 Å². The average molecular weight is 333 g/mol. The van der Waals surface area contributed by atoms with Crippen molar-refractivity contribution in [3.8, 4) is 0 Å². The summed E-state index contributed by atoms with van der Waals surface area (Å²) in [5.41, 5.74) is 3.57. The van der Waals surface area contributed by atoms with Gasteiger partial charge in [0.25, 0.3) is 0 Å². The molecule has 0 aromatic carbocycles. The fraction of sp³-hybridized carbons (Fsp3) is 0.375. The van der Waals surface area contributed by atoms with E-state index >= 15 is 0 Å². The first kappa shape index (κ1) is 15.0. The summed E-state index contributed by atoms with van der Waals surface area (Å²) in [4.78, 5) is 8.73. The molecule has 0 aliphatic heterocycles. The van der Waals surface area contributed by atoms with Gasteiger partial charge in [-0.3, -0.25) is 4.98 Å². The van der Waals surface area contributed by atoms with Gasteiger partial charge in [-0.1, -0.05) is 0 Å². The van der Waals surface area contributed by atoms with Gasteiger partial charge in [-0.25, -0.2) is 4.98 Å². The quantitative estimate of drug-likeness (QED) is 0.809. The third kappa shape index (κ3) is 4.60. The molecule has 4 heteroatoms. The van der Waals surface area contributed by atoms with Crippen LogP contribution in [0.4, 0.5) is 5.82 Å². The third-order valence-electron chi connectivity index (χ3n) is 3.12. The molecule has 3 nitrogen and oxygen atoms in total. The first-order valence-corrected chi connectivity index (χ1v) is 7.63. The van der Waals surface area contributed by atoms with Crippen LogP contribution in [0.25, 0.3) is 0 Å². The maximum Gasteiger partial charge on any atom is 0.133 e. The third-order valence-corrected chi connectivity index (χ3v) is 3.55. The number of aryl methyl sites for hydroxylation is 3. The Bertz CT molecular complexity index is 552. The van der Waals surface area contributed by atoms with Crippen LogP contribution in [0.15, 0.2) is 29.0 Å². The van der Waals surface area contributed by atoms with E-state index in [2.05, 4.69) is 50.3 Å². The summed E-state index contributed by atoms with van der Waals surface area (Å²) in [6.07, 6.45) is 6.96. The molecule has 0 bridgehead atoms. The number of hydrogen-bond donors (Lipinski definition) is 1. The molecule has 0 aliphatic carbocycles. The molecule has 0 saturated carbocycles. The van der Waals surface area contributed by atoms with Gasteiger partial charge in [0.2, 0.25) is 0 Å². The molecule has 0 unspecified atom stereocenters. The normalized spacial score (nSPS) is 10.6. The van der Waals surface area contributed by atoms with Gasteiger partial charge in [-0.15, -0.1) is 0 Å². The topological polar surface area (TPSA) is 37.8 Å². The molecular weight excluding hydrogens is 314 g/mol. The van der Waals surface area contributed by atoms with E-state index in [0.717, 1.165) is 41.7 Å². The van der Waals surface area contributed by atoms with Crippen LogP contribution in [0.2, 0.25) is 0 Å². The van der Waals surface area contributed by atoms with Gasteiger partial charge in [0.05, 0.1) is 0 Å². The summed E-state index contributed by atoms with van der Waals surface area (Å²) in [5, 5.41) is 3.29. The summed E-state index contributed by atoms with van der Waals surface area (Å²) in [6, 6.07) is 7.19. The Kier molecular flexibility index (Phi) is 5.53. The second-order valence-electron chi connectivity index (χ2n) is 4.94. The van der Waals surface area contributed by atoms with Crippen LogP contribution in [0.3, 0.4) is 0 Å². The lowest BCUT2D eigenvalue weighted by molar-refractivity contribution is 0.743. The van der Waals surface area contributed by atoms with E-state index in [1.807, 2.05) is 25.4 Å². The van der Waals surface area contributed by atoms with Crippen LogP contribution in [0.5, 0.6) is 0 Å². The Morgan fingerprint density at radius 2 is 2.05 bits per heavy atom. The fourth-order valence-electron chi connectivity index (χ4n) is 1.97. The van der Waals surface area contributed by atoms with Gasteiger partial charge in [-0.05, 0) is 72.3 Å². The number of anilines is 1. The molecule has 2 aromatic heterocycles. The van der Waals surface area contributed by atoms with E-state index in [9.17, 15) is 0 Å². The summed E-state index contributed by atoms with van der Waals surface area (Å²) < 4.78 is 1.04. The minimum Gasteiger partial charge on any atom is -0.370 e. The van der Waals surface area contributed by atoms with Crippen molar-refractivity contribution in [1.29, 1.82) is 0 Å². The van der Waals surface area contributed by atoms with Crippen LogP contribution >= 0.6 is 15.9 Å². The first-order valence-electron chi connectivity index (χ1n) is 6.84. The van der Waals surface area contributed by atoms with Crippen LogP contribution in [-0.4, -0.2) is 16.5 Å². The van der Waals surface area contributed by atoms with E-state index in [0.29, 0.717) is 0 Å². The highest BCUT2D eigenvalue weighted by Crippen LogP contribution is 2.14. The molecule has 2 aromatic rings. The molecule has 1 N–H and O–H groups in total. The molecule has 0 saturated heterocycles. The summed E-state index contributed by atoms with van der Waals surface area (Å²) in [5.74, 6) is 0.827. The lowest BCUT2D eigenvalue weighted by Crippen LogP contribution is -2.04. The Morgan fingerprint density at radius 1 is 1.20 bits per heavy atom. The van der Waals surface area contributed by atoms with Crippen molar-refractivity contribution in [2.24, 2.45) is 0 Å². The number of aromatic nitrogens is 2. The van der Waals surface area contributed by atoms with Gasteiger partial charge < -0.3 is 5.32 Å². The van der Waals surface area contributed by atoms with E-state index in [4.69, 9.17) is 0 Å². The summed E-state index contributed by atoms with van der Waals surface area (Å²) in [7, 11) is 0. The van der Waals surface area contributed by atoms with Crippen LogP contribution in [-0.2, 0) is 6.42 Å². The van der Waals surface area contributed by atoms with Crippen molar-refractivity contribution in [3.63, 3.8) is 0 Å². The molecular formula is C16H19BrN3. The zero-order valence-electron chi connectivity index (χ0n) is 11.9.